The van der Waals surface area contributed by atoms with Gasteiger partial charge in [0.1, 0.15) is 0 Å². The topological polar surface area (TPSA) is 34.6 Å². The van der Waals surface area contributed by atoms with E-state index in [1.165, 1.54) is 5.56 Å². The molecule has 4 heteroatoms. The van der Waals surface area contributed by atoms with Crippen LogP contribution in [0.3, 0.4) is 0 Å². The number of fused-ring (bicyclic) bond motifs is 2. The first-order valence-electron chi connectivity index (χ1n) is 9.30. The van der Waals surface area contributed by atoms with Crippen LogP contribution in [0.2, 0.25) is 0 Å². The molecule has 0 amide bonds. The summed E-state index contributed by atoms with van der Waals surface area (Å²) < 4.78 is 12.4. The van der Waals surface area contributed by atoms with Gasteiger partial charge in [-0.15, -0.1) is 0 Å². The fraction of sp³-hybridized carbons (Fsp3) is 0.476. The molecule has 2 fully saturated rings. The number of hydrogen-bond acceptors (Lipinski definition) is 4. The molecule has 0 radical (unpaired) electrons. The molecule has 0 N–H and O–H groups in total. The third-order valence-electron chi connectivity index (χ3n) is 5.37. The van der Waals surface area contributed by atoms with Gasteiger partial charge in [-0.05, 0) is 36.5 Å². The third-order valence-corrected chi connectivity index (χ3v) is 5.37. The van der Waals surface area contributed by atoms with E-state index < -0.39 is 0 Å². The summed E-state index contributed by atoms with van der Waals surface area (Å²) in [6.45, 7) is 3.49. The Labute approximate surface area is 149 Å². The van der Waals surface area contributed by atoms with Crippen molar-refractivity contribution in [1.82, 2.24) is 9.88 Å². The maximum atomic E-state index is 6.31. The van der Waals surface area contributed by atoms with Gasteiger partial charge in [-0.3, -0.25) is 9.88 Å². The lowest BCUT2D eigenvalue weighted by atomic mass is 10.1. The highest BCUT2D eigenvalue weighted by Crippen LogP contribution is 2.32. The molecular formula is C21H26N2O2. The maximum Gasteiger partial charge on any atom is 0.0995 e. The Bertz CT molecular complexity index is 649. The molecule has 4 rings (SSSR count). The quantitative estimate of drug-likeness (QED) is 0.811. The standard InChI is InChI=1S/C21H26N2O2/c1-2-5-17(6-3-1)10-12-23-13-14-24-20-9-8-19(23)21(20)25-16-18-7-4-11-22-15-18/h1-7,11,15,19-21H,8-10,12-14,16H2. The lowest BCUT2D eigenvalue weighted by Gasteiger charge is -2.31. The first kappa shape index (κ1) is 16.7. The van der Waals surface area contributed by atoms with Gasteiger partial charge in [-0.2, -0.15) is 0 Å². The second kappa shape index (κ2) is 8.09. The van der Waals surface area contributed by atoms with Crippen molar-refractivity contribution >= 4 is 0 Å². The van der Waals surface area contributed by atoms with E-state index in [1.807, 2.05) is 12.3 Å². The number of hydrogen-bond donors (Lipinski definition) is 0. The molecule has 3 atom stereocenters. The van der Waals surface area contributed by atoms with E-state index in [2.05, 4.69) is 46.3 Å². The summed E-state index contributed by atoms with van der Waals surface area (Å²) in [5.41, 5.74) is 2.53. The van der Waals surface area contributed by atoms with Crippen LogP contribution >= 0.6 is 0 Å². The summed E-state index contributed by atoms with van der Waals surface area (Å²) in [6.07, 6.45) is 7.43. The van der Waals surface area contributed by atoms with Crippen LogP contribution in [0.5, 0.6) is 0 Å². The highest BCUT2D eigenvalue weighted by molar-refractivity contribution is 5.15. The molecular weight excluding hydrogens is 312 g/mol. The molecule has 3 unspecified atom stereocenters. The van der Waals surface area contributed by atoms with Crippen LogP contribution in [0.25, 0.3) is 0 Å². The fourth-order valence-corrected chi connectivity index (χ4v) is 4.06. The number of ether oxygens (including phenoxy) is 2. The van der Waals surface area contributed by atoms with Crippen LogP contribution in [-0.2, 0) is 22.5 Å². The Hall–Kier alpha value is -1.75. The van der Waals surface area contributed by atoms with Crippen LogP contribution in [-0.4, -0.2) is 47.8 Å². The molecule has 25 heavy (non-hydrogen) atoms. The molecule has 1 aromatic heterocycles. The first-order chi connectivity index (χ1) is 12.4. The van der Waals surface area contributed by atoms with Gasteiger partial charge in [-0.25, -0.2) is 0 Å². The van der Waals surface area contributed by atoms with E-state index in [0.717, 1.165) is 44.5 Å². The van der Waals surface area contributed by atoms with Gasteiger partial charge in [-0.1, -0.05) is 36.4 Å². The zero-order valence-electron chi connectivity index (χ0n) is 14.6. The zero-order chi connectivity index (χ0) is 16.9. The number of aromatic nitrogens is 1. The minimum atomic E-state index is 0.165. The third kappa shape index (κ3) is 4.09. The number of nitrogens with zero attached hydrogens (tertiary/aromatic N) is 2. The van der Waals surface area contributed by atoms with Crippen molar-refractivity contribution in [3.05, 3.63) is 66.0 Å². The molecule has 1 aromatic carbocycles. The van der Waals surface area contributed by atoms with E-state index in [4.69, 9.17) is 9.47 Å². The van der Waals surface area contributed by atoms with Crippen molar-refractivity contribution in [2.45, 2.75) is 44.1 Å². The summed E-state index contributed by atoms with van der Waals surface area (Å²) in [7, 11) is 0. The SMILES string of the molecule is c1ccc(CCN2CCOC3CCC2C3OCc2cccnc2)cc1. The molecule has 2 heterocycles. The lowest BCUT2D eigenvalue weighted by molar-refractivity contribution is -0.0610. The molecule has 2 bridgehead atoms. The fourth-order valence-electron chi connectivity index (χ4n) is 4.06. The Morgan fingerprint density at radius 2 is 1.96 bits per heavy atom. The van der Waals surface area contributed by atoms with Crippen molar-refractivity contribution < 1.29 is 9.47 Å². The summed E-state index contributed by atoms with van der Waals surface area (Å²) >= 11 is 0. The van der Waals surface area contributed by atoms with Gasteiger partial charge in [0, 0.05) is 31.5 Å². The Kier molecular flexibility index (Phi) is 5.40. The van der Waals surface area contributed by atoms with E-state index in [0.29, 0.717) is 12.6 Å². The molecule has 0 spiro atoms. The molecule has 1 aliphatic carbocycles. The molecule has 1 saturated carbocycles. The summed E-state index contributed by atoms with van der Waals surface area (Å²) in [5.74, 6) is 0. The van der Waals surface area contributed by atoms with Crippen molar-refractivity contribution in [1.29, 1.82) is 0 Å². The van der Waals surface area contributed by atoms with E-state index in [-0.39, 0.29) is 12.2 Å². The molecule has 1 aliphatic heterocycles. The second-order valence-electron chi connectivity index (χ2n) is 6.96. The molecule has 2 aromatic rings. The lowest BCUT2D eigenvalue weighted by Crippen LogP contribution is -2.44. The Balaban J connectivity index is 1.39. The average Bonchev–Trinajstić information content (AvgIpc) is 2.97. The van der Waals surface area contributed by atoms with Crippen molar-refractivity contribution in [2.24, 2.45) is 0 Å². The largest absolute Gasteiger partial charge is 0.374 e. The van der Waals surface area contributed by atoms with Crippen molar-refractivity contribution in [3.63, 3.8) is 0 Å². The predicted molar refractivity (Wildman–Crippen MR) is 97.3 cm³/mol. The molecule has 4 nitrogen and oxygen atoms in total. The van der Waals surface area contributed by atoms with Crippen LogP contribution in [0.15, 0.2) is 54.9 Å². The van der Waals surface area contributed by atoms with Gasteiger partial charge >= 0.3 is 0 Å². The Morgan fingerprint density at radius 1 is 1.08 bits per heavy atom. The number of pyridine rings is 1. The normalized spacial score (nSPS) is 26.5. The smallest absolute Gasteiger partial charge is 0.0995 e. The highest BCUT2D eigenvalue weighted by Gasteiger charge is 2.42. The Morgan fingerprint density at radius 3 is 2.80 bits per heavy atom. The van der Waals surface area contributed by atoms with Crippen LogP contribution < -0.4 is 0 Å². The monoisotopic (exact) mass is 338 g/mol. The van der Waals surface area contributed by atoms with Crippen LogP contribution in [0.4, 0.5) is 0 Å². The van der Waals surface area contributed by atoms with Crippen molar-refractivity contribution in [2.75, 3.05) is 19.7 Å². The molecule has 2 aliphatic rings. The van der Waals surface area contributed by atoms with Gasteiger partial charge in [0.25, 0.3) is 0 Å². The first-order valence-corrected chi connectivity index (χ1v) is 9.30. The second-order valence-corrected chi connectivity index (χ2v) is 6.96. The maximum absolute atomic E-state index is 6.31. The van der Waals surface area contributed by atoms with Crippen LogP contribution in [0, 0.1) is 0 Å². The van der Waals surface area contributed by atoms with Gasteiger partial charge < -0.3 is 9.47 Å². The summed E-state index contributed by atoms with van der Waals surface area (Å²) in [5, 5.41) is 0. The highest BCUT2D eigenvalue weighted by atomic mass is 16.5. The van der Waals surface area contributed by atoms with Gasteiger partial charge in [0.2, 0.25) is 0 Å². The number of benzene rings is 1. The van der Waals surface area contributed by atoms with E-state index in [9.17, 15) is 0 Å². The van der Waals surface area contributed by atoms with E-state index >= 15 is 0 Å². The van der Waals surface area contributed by atoms with E-state index in [1.54, 1.807) is 6.20 Å². The predicted octanol–water partition coefficient (Wildman–Crippen LogP) is 3.07. The summed E-state index contributed by atoms with van der Waals surface area (Å²) in [4.78, 5) is 6.75. The minimum absolute atomic E-state index is 0.165. The molecule has 132 valence electrons. The number of rotatable bonds is 6. The zero-order valence-corrected chi connectivity index (χ0v) is 14.6. The van der Waals surface area contributed by atoms with Crippen LogP contribution in [0.1, 0.15) is 24.0 Å². The van der Waals surface area contributed by atoms with Gasteiger partial charge in [0.15, 0.2) is 0 Å². The minimum Gasteiger partial charge on any atom is -0.374 e. The average molecular weight is 338 g/mol. The summed E-state index contributed by atoms with van der Waals surface area (Å²) in [6, 6.07) is 15.2. The molecule has 1 saturated heterocycles. The van der Waals surface area contributed by atoms with Gasteiger partial charge in [0.05, 0.1) is 25.4 Å². The van der Waals surface area contributed by atoms with Crippen molar-refractivity contribution in [3.8, 4) is 0 Å².